The van der Waals surface area contributed by atoms with Crippen molar-refractivity contribution < 1.29 is 9.47 Å². The van der Waals surface area contributed by atoms with E-state index in [2.05, 4.69) is 35.9 Å². The second kappa shape index (κ2) is 5.21. The minimum Gasteiger partial charge on any atom is -0.495 e. The molecule has 0 N–H and O–H groups in total. The Balaban J connectivity index is 3.27. The number of methoxy groups -OCH3 is 2. The molecule has 2 nitrogen and oxygen atoms in total. The van der Waals surface area contributed by atoms with E-state index in [0.717, 1.165) is 21.5 Å². The molecule has 3 heteroatoms. The third kappa shape index (κ3) is 2.99. The minimum absolute atomic E-state index is 0.779. The number of halogens is 1. The lowest BCUT2D eigenvalue weighted by Crippen LogP contribution is -1.91. The first kappa shape index (κ1) is 12.1. The van der Waals surface area contributed by atoms with Crippen molar-refractivity contribution in [1.29, 1.82) is 0 Å². The summed E-state index contributed by atoms with van der Waals surface area (Å²) in [7, 11) is 3.29. The highest BCUT2D eigenvalue weighted by Gasteiger charge is 2.08. The summed E-state index contributed by atoms with van der Waals surface area (Å²) in [6, 6.07) is 3.94. The van der Waals surface area contributed by atoms with E-state index in [1.54, 1.807) is 14.2 Å². The summed E-state index contributed by atoms with van der Waals surface area (Å²) in [5, 5.41) is 0. The van der Waals surface area contributed by atoms with Crippen molar-refractivity contribution in [2.75, 3.05) is 14.2 Å². The Bertz CT molecular complexity index is 354. The van der Waals surface area contributed by atoms with Crippen molar-refractivity contribution in [2.45, 2.75) is 13.8 Å². The first-order chi connectivity index (χ1) is 7.08. The highest BCUT2D eigenvalue weighted by Crippen LogP contribution is 2.36. The molecule has 0 fully saturated rings. The summed E-state index contributed by atoms with van der Waals surface area (Å²) in [6.07, 6.45) is 2.08. The Morgan fingerprint density at radius 2 is 1.60 bits per heavy atom. The number of hydrogen-bond acceptors (Lipinski definition) is 2. The Morgan fingerprint density at radius 3 is 1.93 bits per heavy atom. The van der Waals surface area contributed by atoms with Crippen LogP contribution < -0.4 is 9.47 Å². The first-order valence-electron chi connectivity index (χ1n) is 4.65. The van der Waals surface area contributed by atoms with E-state index >= 15 is 0 Å². The molecule has 0 heterocycles. The van der Waals surface area contributed by atoms with Crippen LogP contribution in [0.25, 0.3) is 6.08 Å². The van der Waals surface area contributed by atoms with E-state index in [1.165, 1.54) is 5.57 Å². The molecule has 0 amide bonds. The van der Waals surface area contributed by atoms with Gasteiger partial charge in [0.2, 0.25) is 0 Å². The van der Waals surface area contributed by atoms with E-state index < -0.39 is 0 Å². The molecule has 0 saturated carbocycles. The van der Waals surface area contributed by atoms with Crippen molar-refractivity contribution in [3.63, 3.8) is 0 Å². The average Bonchev–Trinajstić information content (AvgIpc) is 2.19. The first-order valence-corrected chi connectivity index (χ1v) is 5.44. The van der Waals surface area contributed by atoms with E-state index in [4.69, 9.17) is 9.47 Å². The van der Waals surface area contributed by atoms with Crippen LogP contribution in [-0.4, -0.2) is 14.2 Å². The molecule has 0 aliphatic heterocycles. The lowest BCUT2D eigenvalue weighted by molar-refractivity contribution is 0.389. The van der Waals surface area contributed by atoms with Gasteiger partial charge in [-0.25, -0.2) is 0 Å². The van der Waals surface area contributed by atoms with Gasteiger partial charge in [-0.05, 0) is 47.5 Å². The summed E-state index contributed by atoms with van der Waals surface area (Å²) >= 11 is 3.43. The zero-order chi connectivity index (χ0) is 11.4. The monoisotopic (exact) mass is 270 g/mol. The van der Waals surface area contributed by atoms with Gasteiger partial charge in [0.15, 0.2) is 0 Å². The lowest BCUT2D eigenvalue weighted by Gasteiger charge is -2.09. The van der Waals surface area contributed by atoms with Crippen molar-refractivity contribution in [1.82, 2.24) is 0 Å². The van der Waals surface area contributed by atoms with Crippen LogP contribution in [-0.2, 0) is 0 Å². The molecular formula is C12H15BrO2. The van der Waals surface area contributed by atoms with Crippen LogP contribution in [0.15, 0.2) is 22.2 Å². The lowest BCUT2D eigenvalue weighted by atomic mass is 10.1. The Kier molecular flexibility index (Phi) is 4.21. The fourth-order valence-corrected chi connectivity index (χ4v) is 1.86. The molecular weight excluding hydrogens is 256 g/mol. The second-order valence-electron chi connectivity index (χ2n) is 3.46. The topological polar surface area (TPSA) is 18.5 Å². The second-order valence-corrected chi connectivity index (χ2v) is 4.25. The van der Waals surface area contributed by atoms with Gasteiger partial charge >= 0.3 is 0 Å². The molecule has 0 aromatic heterocycles. The van der Waals surface area contributed by atoms with Crippen molar-refractivity contribution in [2.24, 2.45) is 0 Å². The molecule has 1 aromatic carbocycles. The minimum atomic E-state index is 0.779. The molecule has 1 rings (SSSR count). The summed E-state index contributed by atoms with van der Waals surface area (Å²) in [5.74, 6) is 1.56. The van der Waals surface area contributed by atoms with Crippen LogP contribution in [0.4, 0.5) is 0 Å². The Labute approximate surface area is 99.0 Å². The molecule has 0 atom stereocenters. The van der Waals surface area contributed by atoms with Crippen LogP contribution >= 0.6 is 15.9 Å². The van der Waals surface area contributed by atoms with Gasteiger partial charge in [0, 0.05) is 0 Å². The molecule has 0 saturated heterocycles. The Hall–Kier alpha value is -0.960. The molecule has 15 heavy (non-hydrogen) atoms. The van der Waals surface area contributed by atoms with Gasteiger partial charge in [-0.3, -0.25) is 0 Å². The van der Waals surface area contributed by atoms with Gasteiger partial charge in [0.25, 0.3) is 0 Å². The zero-order valence-electron chi connectivity index (χ0n) is 9.43. The van der Waals surface area contributed by atoms with Gasteiger partial charge in [-0.2, -0.15) is 0 Å². The van der Waals surface area contributed by atoms with E-state index in [9.17, 15) is 0 Å². The quantitative estimate of drug-likeness (QED) is 0.830. The highest BCUT2D eigenvalue weighted by molar-refractivity contribution is 9.10. The SMILES string of the molecule is COc1cc(C=C(C)C)cc(OC)c1Br. The standard InChI is InChI=1S/C12H15BrO2/c1-8(2)5-9-6-10(14-3)12(13)11(7-9)15-4/h5-7H,1-4H3. The van der Waals surface area contributed by atoms with Crippen LogP contribution in [0.3, 0.4) is 0 Å². The molecule has 0 bridgehead atoms. The molecule has 0 aliphatic rings. The molecule has 1 aromatic rings. The summed E-state index contributed by atoms with van der Waals surface area (Å²) in [6.45, 7) is 4.11. The van der Waals surface area contributed by atoms with Gasteiger partial charge in [0.05, 0.1) is 14.2 Å². The zero-order valence-corrected chi connectivity index (χ0v) is 11.0. The maximum Gasteiger partial charge on any atom is 0.137 e. The van der Waals surface area contributed by atoms with Crippen LogP contribution in [0.5, 0.6) is 11.5 Å². The van der Waals surface area contributed by atoms with Gasteiger partial charge in [-0.15, -0.1) is 0 Å². The van der Waals surface area contributed by atoms with E-state index in [-0.39, 0.29) is 0 Å². The molecule has 0 radical (unpaired) electrons. The predicted octanol–water partition coefficient (Wildman–Crippen LogP) is 3.89. The number of allylic oxidation sites excluding steroid dienone is 1. The Morgan fingerprint density at radius 1 is 1.13 bits per heavy atom. The highest BCUT2D eigenvalue weighted by atomic mass is 79.9. The van der Waals surface area contributed by atoms with E-state index in [1.807, 2.05) is 12.1 Å². The number of rotatable bonds is 3. The third-order valence-corrected chi connectivity index (χ3v) is 2.70. The molecule has 82 valence electrons. The van der Waals surface area contributed by atoms with Crippen molar-refractivity contribution >= 4 is 22.0 Å². The van der Waals surface area contributed by atoms with Crippen molar-refractivity contribution in [3.05, 3.63) is 27.7 Å². The number of benzene rings is 1. The van der Waals surface area contributed by atoms with Crippen LogP contribution in [0.2, 0.25) is 0 Å². The summed E-state index contributed by atoms with van der Waals surface area (Å²) < 4.78 is 11.4. The largest absolute Gasteiger partial charge is 0.495 e. The van der Waals surface area contributed by atoms with Crippen LogP contribution in [0.1, 0.15) is 19.4 Å². The maximum atomic E-state index is 5.25. The van der Waals surface area contributed by atoms with Gasteiger partial charge in [0.1, 0.15) is 16.0 Å². The normalized spacial score (nSPS) is 9.67. The van der Waals surface area contributed by atoms with Gasteiger partial charge in [-0.1, -0.05) is 11.6 Å². The average molecular weight is 271 g/mol. The number of hydrogen-bond donors (Lipinski definition) is 0. The summed E-state index contributed by atoms with van der Waals surface area (Å²) in [4.78, 5) is 0. The smallest absolute Gasteiger partial charge is 0.137 e. The van der Waals surface area contributed by atoms with Crippen LogP contribution in [0, 0.1) is 0 Å². The number of ether oxygens (including phenoxy) is 2. The van der Waals surface area contributed by atoms with E-state index in [0.29, 0.717) is 0 Å². The predicted molar refractivity (Wildman–Crippen MR) is 66.6 cm³/mol. The summed E-state index contributed by atoms with van der Waals surface area (Å²) in [5.41, 5.74) is 2.31. The maximum absolute atomic E-state index is 5.25. The molecule has 0 unspecified atom stereocenters. The fraction of sp³-hybridized carbons (Fsp3) is 0.333. The van der Waals surface area contributed by atoms with Gasteiger partial charge < -0.3 is 9.47 Å². The van der Waals surface area contributed by atoms with Crippen molar-refractivity contribution in [3.8, 4) is 11.5 Å². The molecule has 0 spiro atoms. The fourth-order valence-electron chi connectivity index (χ4n) is 1.31. The molecule has 0 aliphatic carbocycles. The third-order valence-electron chi connectivity index (χ3n) is 1.92.